The number of rotatable bonds is 10. The largest absolute Gasteiger partial charge is 0.479 e. The average Bonchev–Trinajstić information content (AvgIpc) is 3.52. The number of carboxylic acids is 1. The Kier molecular flexibility index (Phi) is 6.75. The third kappa shape index (κ3) is 5.06. The number of carbonyl (C=O) groups is 2. The van der Waals surface area contributed by atoms with Crippen molar-refractivity contribution < 1.29 is 24.2 Å². The van der Waals surface area contributed by atoms with Crippen LogP contribution in [0, 0.1) is 23.2 Å². The first-order chi connectivity index (χ1) is 15.8. The van der Waals surface area contributed by atoms with Gasteiger partial charge in [-0.3, -0.25) is 0 Å². The third-order valence-corrected chi connectivity index (χ3v) is 7.69. The maximum atomic E-state index is 12.4. The number of benzene rings is 2. The van der Waals surface area contributed by atoms with Crippen LogP contribution in [0.5, 0.6) is 0 Å². The van der Waals surface area contributed by atoms with E-state index in [1.807, 2.05) is 48.5 Å². The molecule has 0 bridgehead atoms. The number of ether oxygens (including phenoxy) is 2. The molecule has 6 heteroatoms. The van der Waals surface area contributed by atoms with Gasteiger partial charge in [0.2, 0.25) is 0 Å². The number of carboxylic acid groups (broad SMARTS) is 1. The molecule has 0 heterocycles. The van der Waals surface area contributed by atoms with E-state index in [9.17, 15) is 14.7 Å². The highest BCUT2D eigenvalue weighted by atomic mass is 16.5. The molecule has 176 valence electrons. The molecule has 6 nitrogen and oxygen atoms in total. The molecule has 0 aliphatic heterocycles. The van der Waals surface area contributed by atoms with E-state index in [0.29, 0.717) is 25.6 Å². The van der Waals surface area contributed by atoms with E-state index in [4.69, 9.17) is 9.47 Å². The zero-order valence-electron chi connectivity index (χ0n) is 19.3. The highest BCUT2D eigenvalue weighted by Crippen LogP contribution is 2.64. The Morgan fingerprint density at radius 1 is 0.970 bits per heavy atom. The van der Waals surface area contributed by atoms with E-state index in [2.05, 4.69) is 31.3 Å². The molecule has 4 atom stereocenters. The van der Waals surface area contributed by atoms with Crippen LogP contribution in [0.1, 0.15) is 44.2 Å². The zero-order valence-corrected chi connectivity index (χ0v) is 19.3. The molecule has 4 rings (SSSR count). The van der Waals surface area contributed by atoms with Gasteiger partial charge in [-0.15, -0.1) is 0 Å². The van der Waals surface area contributed by atoms with E-state index in [1.165, 1.54) is 0 Å². The molecular weight excluding hydrogens is 418 g/mol. The summed E-state index contributed by atoms with van der Waals surface area (Å²) >= 11 is 0. The molecule has 1 amide bonds. The lowest BCUT2D eigenvalue weighted by atomic mass is 9.52. The van der Waals surface area contributed by atoms with Crippen LogP contribution in [0.15, 0.2) is 60.7 Å². The normalized spacial score (nSPS) is 27.3. The van der Waals surface area contributed by atoms with Crippen LogP contribution in [-0.4, -0.2) is 29.3 Å². The van der Waals surface area contributed by atoms with E-state index >= 15 is 0 Å². The summed E-state index contributed by atoms with van der Waals surface area (Å²) in [5, 5.41) is 12.6. The molecule has 33 heavy (non-hydrogen) atoms. The van der Waals surface area contributed by atoms with Crippen molar-refractivity contribution in [2.75, 3.05) is 6.61 Å². The van der Waals surface area contributed by atoms with Crippen molar-refractivity contribution in [3.63, 3.8) is 0 Å². The van der Waals surface area contributed by atoms with Crippen molar-refractivity contribution in [3.8, 4) is 0 Å². The fraction of sp³-hybridized carbons (Fsp3) is 0.481. The summed E-state index contributed by atoms with van der Waals surface area (Å²) in [5.41, 5.74) is 0.817. The van der Waals surface area contributed by atoms with Gasteiger partial charge in [0, 0.05) is 6.61 Å². The van der Waals surface area contributed by atoms with Crippen molar-refractivity contribution in [1.29, 1.82) is 0 Å². The highest BCUT2D eigenvalue weighted by molar-refractivity contribution is 5.88. The standard InChI is InChI=1S/C27H33NO5/c1-26(2)21(13-14-32-17-19-9-5-3-6-10-19)15-22(26)23-16-27(23,24(29)30)28-25(31)33-18-20-11-7-4-8-12-20/h3-12,21-23H,13-18H2,1-2H3,(H,28,31)(H,29,30)/t21-,22-,23-,27-/m0/s1. The van der Waals surface area contributed by atoms with Crippen LogP contribution in [0.3, 0.4) is 0 Å². The number of hydrogen-bond donors (Lipinski definition) is 2. The number of amides is 1. The molecule has 2 N–H and O–H groups in total. The summed E-state index contributed by atoms with van der Waals surface area (Å²) in [5.74, 6) is -0.317. The minimum Gasteiger partial charge on any atom is -0.479 e. The number of hydrogen-bond acceptors (Lipinski definition) is 4. The first-order valence-electron chi connectivity index (χ1n) is 11.7. The van der Waals surface area contributed by atoms with Crippen molar-refractivity contribution in [2.24, 2.45) is 23.2 Å². The van der Waals surface area contributed by atoms with Gasteiger partial charge >= 0.3 is 12.1 Å². The van der Waals surface area contributed by atoms with Gasteiger partial charge in [0.15, 0.2) is 0 Å². The second-order valence-corrected chi connectivity index (χ2v) is 9.96. The van der Waals surface area contributed by atoms with Gasteiger partial charge in [-0.1, -0.05) is 74.5 Å². The van der Waals surface area contributed by atoms with Gasteiger partial charge < -0.3 is 19.9 Å². The predicted molar refractivity (Wildman–Crippen MR) is 124 cm³/mol. The number of nitrogens with one attached hydrogen (secondary N) is 1. The number of carbonyl (C=O) groups excluding carboxylic acids is 1. The lowest BCUT2D eigenvalue weighted by Crippen LogP contribution is -2.52. The Labute approximate surface area is 195 Å². The lowest BCUT2D eigenvalue weighted by molar-refractivity contribution is -0.142. The van der Waals surface area contributed by atoms with Gasteiger partial charge in [0.1, 0.15) is 12.1 Å². The molecule has 2 aromatic carbocycles. The van der Waals surface area contributed by atoms with Crippen LogP contribution in [0.25, 0.3) is 0 Å². The second-order valence-electron chi connectivity index (χ2n) is 9.96. The Bertz CT molecular complexity index is 961. The minimum absolute atomic E-state index is 0.00754. The van der Waals surface area contributed by atoms with Crippen molar-refractivity contribution in [1.82, 2.24) is 5.32 Å². The topological polar surface area (TPSA) is 84.9 Å². The van der Waals surface area contributed by atoms with Crippen LogP contribution in [-0.2, 0) is 27.5 Å². The average molecular weight is 452 g/mol. The molecule has 0 aromatic heterocycles. The lowest BCUT2D eigenvalue weighted by Gasteiger charge is -2.53. The summed E-state index contributed by atoms with van der Waals surface area (Å²) in [4.78, 5) is 24.5. The quantitative estimate of drug-likeness (QED) is 0.495. The van der Waals surface area contributed by atoms with Crippen molar-refractivity contribution in [2.45, 2.75) is 51.9 Å². The number of aliphatic carboxylic acids is 1. The Hall–Kier alpha value is -2.86. The molecule has 2 aromatic rings. The Balaban J connectivity index is 1.25. The van der Waals surface area contributed by atoms with Crippen LogP contribution >= 0.6 is 0 Å². The van der Waals surface area contributed by atoms with Crippen molar-refractivity contribution in [3.05, 3.63) is 71.8 Å². The van der Waals surface area contributed by atoms with Gasteiger partial charge in [-0.2, -0.15) is 0 Å². The van der Waals surface area contributed by atoms with E-state index < -0.39 is 17.6 Å². The Morgan fingerprint density at radius 3 is 2.15 bits per heavy atom. The van der Waals surface area contributed by atoms with Gasteiger partial charge in [-0.25, -0.2) is 9.59 Å². The van der Waals surface area contributed by atoms with E-state index in [1.54, 1.807) is 0 Å². The molecule has 2 aliphatic carbocycles. The molecule has 2 saturated carbocycles. The van der Waals surface area contributed by atoms with E-state index in [-0.39, 0.29) is 23.9 Å². The Morgan fingerprint density at radius 2 is 1.58 bits per heavy atom. The molecule has 0 spiro atoms. The minimum atomic E-state index is -1.22. The van der Waals surface area contributed by atoms with Crippen LogP contribution in [0.4, 0.5) is 4.79 Å². The maximum absolute atomic E-state index is 12.4. The molecule has 0 saturated heterocycles. The van der Waals surface area contributed by atoms with Crippen LogP contribution < -0.4 is 5.32 Å². The number of alkyl carbamates (subject to hydrolysis) is 1. The second kappa shape index (κ2) is 9.56. The maximum Gasteiger partial charge on any atom is 0.408 e. The zero-order chi connectivity index (χ0) is 23.5. The fourth-order valence-corrected chi connectivity index (χ4v) is 5.38. The summed E-state index contributed by atoms with van der Waals surface area (Å²) in [6.45, 7) is 5.84. The molecular formula is C27H33NO5. The van der Waals surface area contributed by atoms with Crippen molar-refractivity contribution >= 4 is 12.1 Å². The first-order valence-corrected chi connectivity index (χ1v) is 11.7. The smallest absolute Gasteiger partial charge is 0.408 e. The fourth-order valence-electron chi connectivity index (χ4n) is 5.38. The summed E-state index contributed by atoms with van der Waals surface area (Å²) in [6.07, 6.45) is 1.69. The molecule has 0 radical (unpaired) electrons. The monoisotopic (exact) mass is 451 g/mol. The molecule has 2 aliphatic rings. The molecule has 0 unspecified atom stereocenters. The summed E-state index contributed by atoms with van der Waals surface area (Å²) in [7, 11) is 0. The van der Waals surface area contributed by atoms with Gasteiger partial charge in [-0.05, 0) is 53.6 Å². The molecule has 2 fully saturated rings. The predicted octanol–water partition coefficient (Wildman–Crippen LogP) is 5.03. The van der Waals surface area contributed by atoms with E-state index in [0.717, 1.165) is 24.0 Å². The third-order valence-electron chi connectivity index (χ3n) is 7.69. The van der Waals surface area contributed by atoms with Gasteiger partial charge in [0.25, 0.3) is 0 Å². The summed E-state index contributed by atoms with van der Waals surface area (Å²) in [6, 6.07) is 19.5. The highest BCUT2D eigenvalue weighted by Gasteiger charge is 2.69. The SMILES string of the molecule is CC1(C)[C@@H](CCOCc2ccccc2)C[C@H]1[C@@H]1C[C@@]1(NC(=O)OCc1ccccc1)C(=O)O. The van der Waals surface area contributed by atoms with Gasteiger partial charge in [0.05, 0.1) is 6.61 Å². The summed E-state index contributed by atoms with van der Waals surface area (Å²) < 4.78 is 11.1. The first kappa shape index (κ1) is 23.3. The van der Waals surface area contributed by atoms with Crippen LogP contribution in [0.2, 0.25) is 0 Å².